The maximum atomic E-state index is 14.6. The molecule has 0 spiro atoms. The van der Waals surface area contributed by atoms with Gasteiger partial charge in [0.05, 0.1) is 36.8 Å². The Balaban J connectivity index is 1.30. The quantitative estimate of drug-likeness (QED) is 0.325. The van der Waals surface area contributed by atoms with Crippen molar-refractivity contribution in [2.75, 3.05) is 69.9 Å². The van der Waals surface area contributed by atoms with Crippen molar-refractivity contribution in [3.05, 3.63) is 77.0 Å². The SMILES string of the molecule is COC[C@H]1CN(C(=O)[C@@H]2CN(c3ccc(C)nn3)C[C@H]2c2ccc(OC)cc2)C[C@@H]1c1ccc(C(F)(F)F)cc1N1CCC(C(=O)O)CC1. The Morgan fingerprint density at radius 1 is 0.898 bits per heavy atom. The number of nitrogens with zero attached hydrogens (tertiary/aromatic N) is 5. The summed E-state index contributed by atoms with van der Waals surface area (Å²) in [5.41, 5.74) is 2.20. The Labute approximate surface area is 283 Å². The number of likely N-dealkylation sites (tertiary alicyclic amines) is 1. The van der Waals surface area contributed by atoms with Gasteiger partial charge < -0.3 is 29.3 Å². The van der Waals surface area contributed by atoms with Crippen LogP contribution in [0.3, 0.4) is 0 Å². The number of aliphatic carboxylic acids is 1. The molecule has 0 radical (unpaired) electrons. The van der Waals surface area contributed by atoms with Gasteiger partial charge in [-0.3, -0.25) is 9.59 Å². The fourth-order valence-electron chi connectivity index (χ4n) is 7.69. The average molecular weight is 682 g/mol. The lowest BCUT2D eigenvalue weighted by atomic mass is 9.86. The summed E-state index contributed by atoms with van der Waals surface area (Å²) in [6, 6.07) is 15.4. The van der Waals surface area contributed by atoms with Crippen LogP contribution >= 0.6 is 0 Å². The molecule has 1 aromatic heterocycles. The number of carbonyl (C=O) groups is 2. The zero-order valence-corrected chi connectivity index (χ0v) is 27.9. The van der Waals surface area contributed by atoms with E-state index in [1.54, 1.807) is 14.2 Å². The third-order valence-electron chi connectivity index (χ3n) is 10.4. The molecule has 3 aliphatic heterocycles. The summed E-state index contributed by atoms with van der Waals surface area (Å²) < 4.78 is 52.8. The van der Waals surface area contributed by atoms with Crippen LogP contribution in [0.1, 0.15) is 47.1 Å². The zero-order chi connectivity index (χ0) is 34.9. The van der Waals surface area contributed by atoms with Crippen LogP contribution in [0.15, 0.2) is 54.6 Å². The second-order valence-corrected chi connectivity index (χ2v) is 13.4. The highest BCUT2D eigenvalue weighted by molar-refractivity contribution is 5.82. The number of alkyl halides is 3. The molecule has 0 bridgehead atoms. The minimum absolute atomic E-state index is 0.0253. The number of aryl methyl sites for hydroxylation is 1. The number of aromatic nitrogens is 2. The van der Waals surface area contributed by atoms with Crippen LogP contribution in [-0.2, 0) is 20.5 Å². The molecule has 10 nitrogen and oxygen atoms in total. The number of carboxylic acid groups (broad SMARTS) is 1. The van der Waals surface area contributed by atoms with Crippen LogP contribution in [0, 0.1) is 24.7 Å². The Kier molecular flexibility index (Phi) is 10.0. The average Bonchev–Trinajstić information content (AvgIpc) is 3.73. The molecule has 0 unspecified atom stereocenters. The van der Waals surface area contributed by atoms with Crippen molar-refractivity contribution in [1.29, 1.82) is 0 Å². The predicted molar refractivity (Wildman–Crippen MR) is 177 cm³/mol. The molecule has 3 saturated heterocycles. The van der Waals surface area contributed by atoms with Crippen LogP contribution in [0.5, 0.6) is 5.75 Å². The molecular weight excluding hydrogens is 639 g/mol. The molecule has 3 aromatic rings. The van der Waals surface area contributed by atoms with Gasteiger partial charge in [-0.05, 0) is 67.3 Å². The Hall–Kier alpha value is -4.39. The highest BCUT2D eigenvalue weighted by Crippen LogP contribution is 2.44. The number of piperidine rings is 1. The van der Waals surface area contributed by atoms with Crippen LogP contribution < -0.4 is 14.5 Å². The van der Waals surface area contributed by atoms with Gasteiger partial charge in [-0.15, -0.1) is 5.10 Å². The van der Waals surface area contributed by atoms with Gasteiger partial charge in [-0.2, -0.15) is 18.3 Å². The molecule has 49 heavy (non-hydrogen) atoms. The summed E-state index contributed by atoms with van der Waals surface area (Å²) in [5, 5.41) is 18.1. The molecule has 4 heterocycles. The van der Waals surface area contributed by atoms with E-state index in [1.807, 2.05) is 53.1 Å². The smallest absolute Gasteiger partial charge is 0.416 e. The second kappa shape index (κ2) is 14.2. The monoisotopic (exact) mass is 681 g/mol. The second-order valence-electron chi connectivity index (χ2n) is 13.4. The summed E-state index contributed by atoms with van der Waals surface area (Å²) in [6.07, 6.45) is -3.85. The van der Waals surface area contributed by atoms with Crippen LogP contribution in [0.2, 0.25) is 0 Å². The van der Waals surface area contributed by atoms with Crippen molar-refractivity contribution in [3.8, 4) is 5.75 Å². The van der Waals surface area contributed by atoms with E-state index in [9.17, 15) is 27.9 Å². The number of hydrogen-bond donors (Lipinski definition) is 1. The first-order valence-corrected chi connectivity index (χ1v) is 16.6. The summed E-state index contributed by atoms with van der Waals surface area (Å²) in [4.78, 5) is 32.0. The fourth-order valence-corrected chi connectivity index (χ4v) is 7.69. The topological polar surface area (TPSA) is 108 Å². The number of ether oxygens (including phenoxy) is 2. The molecule has 4 atom stereocenters. The highest BCUT2D eigenvalue weighted by Gasteiger charge is 2.46. The van der Waals surface area contributed by atoms with Crippen molar-refractivity contribution < 1.29 is 37.3 Å². The first kappa shape index (κ1) is 34.5. The number of methoxy groups -OCH3 is 2. The predicted octanol–water partition coefficient (Wildman–Crippen LogP) is 5.22. The van der Waals surface area contributed by atoms with E-state index in [1.165, 1.54) is 12.1 Å². The van der Waals surface area contributed by atoms with Crippen molar-refractivity contribution in [3.63, 3.8) is 0 Å². The van der Waals surface area contributed by atoms with Crippen molar-refractivity contribution in [1.82, 2.24) is 15.1 Å². The van der Waals surface area contributed by atoms with Crippen LogP contribution in [-0.4, -0.2) is 92.2 Å². The number of carboxylic acids is 1. The van der Waals surface area contributed by atoms with E-state index in [0.717, 1.165) is 23.1 Å². The number of hydrogen-bond acceptors (Lipinski definition) is 8. The van der Waals surface area contributed by atoms with E-state index in [-0.39, 0.29) is 23.7 Å². The van der Waals surface area contributed by atoms with E-state index in [2.05, 4.69) is 15.1 Å². The van der Waals surface area contributed by atoms with E-state index < -0.39 is 29.5 Å². The summed E-state index contributed by atoms with van der Waals surface area (Å²) in [7, 11) is 3.19. The Morgan fingerprint density at radius 3 is 2.24 bits per heavy atom. The van der Waals surface area contributed by atoms with Crippen molar-refractivity contribution in [2.45, 2.75) is 37.8 Å². The number of rotatable bonds is 9. The Morgan fingerprint density at radius 2 is 1.63 bits per heavy atom. The molecule has 262 valence electrons. The first-order chi connectivity index (χ1) is 23.5. The van der Waals surface area contributed by atoms with Crippen molar-refractivity contribution >= 4 is 23.4 Å². The lowest BCUT2D eigenvalue weighted by molar-refractivity contribution is -0.142. The van der Waals surface area contributed by atoms with Gasteiger partial charge in [0.15, 0.2) is 5.82 Å². The number of carbonyl (C=O) groups excluding carboxylic acids is 1. The molecule has 1 amide bonds. The first-order valence-electron chi connectivity index (χ1n) is 16.6. The third-order valence-corrected chi connectivity index (χ3v) is 10.4. The van der Waals surface area contributed by atoms with Gasteiger partial charge in [0.1, 0.15) is 5.75 Å². The number of anilines is 2. The molecule has 1 N–H and O–H groups in total. The lowest BCUT2D eigenvalue weighted by Gasteiger charge is -2.35. The van der Waals surface area contributed by atoms with Gasteiger partial charge >= 0.3 is 12.1 Å². The Bertz CT molecular complexity index is 1630. The van der Waals surface area contributed by atoms with Gasteiger partial charge in [0.25, 0.3) is 0 Å². The maximum Gasteiger partial charge on any atom is 0.416 e. The number of halogens is 3. The minimum atomic E-state index is -4.54. The van der Waals surface area contributed by atoms with Gasteiger partial charge in [-0.1, -0.05) is 18.2 Å². The minimum Gasteiger partial charge on any atom is -0.497 e. The number of benzene rings is 2. The molecular formula is C36H42F3N5O5. The van der Waals surface area contributed by atoms with Crippen molar-refractivity contribution in [2.24, 2.45) is 17.8 Å². The van der Waals surface area contributed by atoms with Gasteiger partial charge in [-0.25, -0.2) is 0 Å². The van der Waals surface area contributed by atoms with Crippen LogP contribution in [0.25, 0.3) is 0 Å². The molecule has 0 saturated carbocycles. The fraction of sp³-hybridized carbons (Fsp3) is 0.500. The third kappa shape index (κ3) is 7.31. The highest BCUT2D eigenvalue weighted by atomic mass is 19.4. The summed E-state index contributed by atoms with van der Waals surface area (Å²) in [5.74, 6) is -1.00. The molecule has 2 aromatic carbocycles. The maximum absolute atomic E-state index is 14.6. The molecule has 0 aliphatic carbocycles. The van der Waals surface area contributed by atoms with E-state index in [4.69, 9.17) is 9.47 Å². The van der Waals surface area contributed by atoms with E-state index in [0.29, 0.717) is 75.8 Å². The van der Waals surface area contributed by atoms with Crippen LogP contribution in [0.4, 0.5) is 24.7 Å². The number of amides is 1. The van der Waals surface area contributed by atoms with Gasteiger partial charge in [0, 0.05) is 69.8 Å². The lowest BCUT2D eigenvalue weighted by Crippen LogP contribution is -2.38. The van der Waals surface area contributed by atoms with Gasteiger partial charge in [0.2, 0.25) is 5.91 Å². The summed E-state index contributed by atoms with van der Waals surface area (Å²) >= 11 is 0. The normalized spacial score (nSPS) is 23.3. The standard InChI is InChI=1S/C36H42F3N5O5/c1-22-4-11-33(41-40-22)43-18-29(23-5-8-27(49-3)9-6-23)31(20-43)34(45)44-17-25(21-48-2)30(19-44)28-10-7-26(36(37,38)39)16-32(28)42-14-12-24(13-15-42)35(46)47/h4-11,16,24-25,29-31H,12-15,17-21H2,1-3H3,(H,46,47)/t25-,29+,30+,31-/m1/s1. The molecule has 6 rings (SSSR count). The summed E-state index contributed by atoms with van der Waals surface area (Å²) in [6.45, 7) is 4.59. The molecule has 3 aliphatic rings. The largest absolute Gasteiger partial charge is 0.497 e. The van der Waals surface area contributed by atoms with E-state index >= 15 is 0 Å². The molecule has 3 fully saturated rings. The zero-order valence-electron chi connectivity index (χ0n) is 27.9. The molecule has 13 heteroatoms.